The van der Waals surface area contributed by atoms with E-state index in [2.05, 4.69) is 25.4 Å². The van der Waals surface area contributed by atoms with Crippen LogP contribution in [0.3, 0.4) is 0 Å². The Balaban J connectivity index is 3.12. The number of ketones is 1. The second kappa shape index (κ2) is 6.87. The minimum absolute atomic E-state index is 0.0662. The Morgan fingerprint density at radius 1 is 1.30 bits per heavy atom. The van der Waals surface area contributed by atoms with E-state index in [0.29, 0.717) is 6.07 Å². The average molecular weight is 363 g/mol. The van der Waals surface area contributed by atoms with Crippen LogP contribution in [0.2, 0.25) is 0 Å². The van der Waals surface area contributed by atoms with Crippen molar-refractivity contribution >= 4 is 21.7 Å². The van der Waals surface area contributed by atoms with Crippen molar-refractivity contribution in [3.63, 3.8) is 0 Å². The Kier molecular flexibility index (Phi) is 5.73. The van der Waals surface area contributed by atoms with Gasteiger partial charge >= 0.3 is 13.0 Å². The molecule has 0 spiro atoms. The summed E-state index contributed by atoms with van der Waals surface area (Å²) in [6.07, 6.45) is -5.11. The predicted molar refractivity (Wildman–Crippen MR) is 62.5 cm³/mol. The van der Waals surface area contributed by atoms with Crippen LogP contribution in [0.1, 0.15) is 16.8 Å². The lowest BCUT2D eigenvalue weighted by Crippen LogP contribution is -2.19. The highest BCUT2D eigenvalue weighted by Crippen LogP contribution is 2.31. The minimum atomic E-state index is -5.05. The summed E-state index contributed by atoms with van der Waals surface area (Å²) >= 11 is 2.97. The van der Waals surface area contributed by atoms with E-state index < -0.39 is 30.3 Å². The summed E-state index contributed by atoms with van der Waals surface area (Å²) in [5, 5.41) is 0.243. The Morgan fingerprint density at radius 2 is 1.95 bits per heavy atom. The van der Waals surface area contributed by atoms with Gasteiger partial charge < -0.3 is 9.47 Å². The van der Waals surface area contributed by atoms with Gasteiger partial charge in [-0.2, -0.15) is 8.78 Å². The lowest BCUT2D eigenvalue weighted by Gasteiger charge is -2.14. The number of benzene rings is 1. The molecule has 0 unspecified atom stereocenters. The lowest BCUT2D eigenvalue weighted by molar-refractivity contribution is -0.274. The molecule has 20 heavy (non-hydrogen) atoms. The largest absolute Gasteiger partial charge is 0.573 e. The lowest BCUT2D eigenvalue weighted by atomic mass is 10.1. The molecule has 3 nitrogen and oxygen atoms in total. The molecule has 0 aromatic heterocycles. The van der Waals surface area contributed by atoms with Crippen LogP contribution in [0.4, 0.5) is 22.0 Å². The van der Waals surface area contributed by atoms with Gasteiger partial charge in [-0.05, 0) is 12.1 Å². The van der Waals surface area contributed by atoms with Crippen LogP contribution in [0, 0.1) is 0 Å². The molecule has 112 valence electrons. The molecule has 9 heteroatoms. The fourth-order valence-corrected chi connectivity index (χ4v) is 1.70. The molecule has 0 atom stereocenters. The van der Waals surface area contributed by atoms with Crippen LogP contribution in [0.5, 0.6) is 11.5 Å². The zero-order chi connectivity index (χ0) is 15.3. The van der Waals surface area contributed by atoms with Crippen LogP contribution in [0.15, 0.2) is 18.2 Å². The first-order valence-electron chi connectivity index (χ1n) is 5.16. The number of ether oxygens (including phenoxy) is 2. The molecule has 0 saturated carbocycles. The Morgan fingerprint density at radius 3 is 2.45 bits per heavy atom. The van der Waals surface area contributed by atoms with Crippen molar-refractivity contribution in [3.8, 4) is 11.5 Å². The number of Topliss-reactive ketones (excluding diaryl/α,β-unsaturated/α-hetero) is 1. The molecule has 1 aromatic rings. The summed E-state index contributed by atoms with van der Waals surface area (Å²) in [5.41, 5.74) is -0.358. The van der Waals surface area contributed by atoms with Crippen LogP contribution < -0.4 is 9.47 Å². The maximum Gasteiger partial charge on any atom is 0.573 e. The van der Waals surface area contributed by atoms with Crippen molar-refractivity contribution in [2.24, 2.45) is 0 Å². The number of carbonyl (C=O) groups excluding carboxylic acids is 1. The van der Waals surface area contributed by atoms with Gasteiger partial charge in [0.25, 0.3) is 0 Å². The van der Waals surface area contributed by atoms with Crippen LogP contribution in [-0.2, 0) is 0 Å². The van der Waals surface area contributed by atoms with Crippen molar-refractivity contribution in [1.82, 2.24) is 0 Å². The molecule has 0 fully saturated rings. The molecule has 0 aliphatic heterocycles. The van der Waals surface area contributed by atoms with E-state index in [1.54, 1.807) is 0 Å². The second-order valence-corrected chi connectivity index (χ2v) is 4.24. The van der Waals surface area contributed by atoms with Gasteiger partial charge in [-0.3, -0.25) is 4.79 Å². The zero-order valence-electron chi connectivity index (χ0n) is 9.72. The number of alkyl halides is 6. The van der Waals surface area contributed by atoms with E-state index in [9.17, 15) is 26.7 Å². The van der Waals surface area contributed by atoms with Gasteiger partial charge in [0.2, 0.25) is 0 Å². The van der Waals surface area contributed by atoms with Gasteiger partial charge in [-0.15, -0.1) is 13.2 Å². The van der Waals surface area contributed by atoms with Gasteiger partial charge in [-0.25, -0.2) is 0 Å². The van der Waals surface area contributed by atoms with Gasteiger partial charge in [0.1, 0.15) is 11.5 Å². The highest BCUT2D eigenvalue weighted by molar-refractivity contribution is 9.09. The van der Waals surface area contributed by atoms with Crippen LogP contribution in [-0.4, -0.2) is 24.1 Å². The molecular formula is C11H8BrF5O3. The third kappa shape index (κ3) is 5.32. The molecule has 0 bridgehead atoms. The number of hydrogen-bond acceptors (Lipinski definition) is 3. The third-order valence-electron chi connectivity index (χ3n) is 2.03. The van der Waals surface area contributed by atoms with Crippen molar-refractivity contribution < 1.29 is 36.2 Å². The summed E-state index contributed by atoms with van der Waals surface area (Å²) in [6.45, 7) is -3.20. The number of halogens is 6. The number of rotatable bonds is 6. The number of hydrogen-bond donors (Lipinski definition) is 0. The summed E-state index contributed by atoms with van der Waals surface area (Å²) in [7, 11) is 0. The molecule has 0 aliphatic rings. The van der Waals surface area contributed by atoms with Crippen LogP contribution >= 0.6 is 15.9 Å². The van der Waals surface area contributed by atoms with Crippen LogP contribution in [0.25, 0.3) is 0 Å². The molecule has 0 saturated heterocycles. The molecule has 0 N–H and O–H groups in total. The summed E-state index contributed by atoms with van der Waals surface area (Å²) in [5.74, 6) is -2.03. The monoisotopic (exact) mass is 362 g/mol. The Labute approximate surface area is 118 Å². The summed E-state index contributed by atoms with van der Waals surface area (Å²) < 4.78 is 68.3. The normalized spacial score (nSPS) is 11.6. The first-order chi connectivity index (χ1) is 9.23. The van der Waals surface area contributed by atoms with E-state index >= 15 is 0 Å². The zero-order valence-corrected chi connectivity index (χ0v) is 11.3. The molecule has 0 radical (unpaired) electrons. The van der Waals surface area contributed by atoms with Gasteiger partial charge in [0, 0.05) is 17.8 Å². The first-order valence-corrected chi connectivity index (χ1v) is 6.29. The molecule has 1 aromatic carbocycles. The maximum absolute atomic E-state index is 12.2. The summed E-state index contributed by atoms with van der Waals surface area (Å²) in [4.78, 5) is 11.6. The standard InChI is InChI=1S/C11H8BrF5O3/c12-4-3-8(18)7-2-1-6(19-10(13)14)5-9(7)20-11(15,16)17/h1-2,5,10H,3-4H2. The van der Waals surface area contributed by atoms with E-state index in [0.717, 1.165) is 12.1 Å². The predicted octanol–water partition coefficient (Wildman–Crippen LogP) is 4.15. The molecule has 0 heterocycles. The van der Waals surface area contributed by atoms with Crippen molar-refractivity contribution in [2.45, 2.75) is 19.4 Å². The Hall–Kier alpha value is -1.38. The Bertz CT molecular complexity index is 476. The van der Waals surface area contributed by atoms with Crippen molar-refractivity contribution in [1.29, 1.82) is 0 Å². The van der Waals surface area contributed by atoms with Crippen molar-refractivity contribution in [2.75, 3.05) is 5.33 Å². The smallest absolute Gasteiger partial charge is 0.435 e. The fraction of sp³-hybridized carbons (Fsp3) is 0.364. The molecule has 1 rings (SSSR count). The topological polar surface area (TPSA) is 35.5 Å². The van der Waals surface area contributed by atoms with Crippen molar-refractivity contribution in [3.05, 3.63) is 23.8 Å². The fourth-order valence-electron chi connectivity index (χ4n) is 1.34. The van der Waals surface area contributed by atoms with E-state index in [-0.39, 0.29) is 17.3 Å². The van der Waals surface area contributed by atoms with Gasteiger partial charge in [-0.1, -0.05) is 15.9 Å². The summed E-state index contributed by atoms with van der Waals surface area (Å²) in [6, 6.07) is 2.52. The van der Waals surface area contributed by atoms with E-state index in [4.69, 9.17) is 0 Å². The maximum atomic E-state index is 12.2. The number of carbonyl (C=O) groups is 1. The van der Waals surface area contributed by atoms with Gasteiger partial charge in [0.05, 0.1) is 5.56 Å². The highest BCUT2D eigenvalue weighted by Gasteiger charge is 2.33. The van der Waals surface area contributed by atoms with Gasteiger partial charge in [0.15, 0.2) is 5.78 Å². The SMILES string of the molecule is O=C(CCBr)c1ccc(OC(F)F)cc1OC(F)(F)F. The molecule has 0 amide bonds. The quantitative estimate of drug-likeness (QED) is 0.433. The average Bonchev–Trinajstić information content (AvgIpc) is 2.26. The first kappa shape index (κ1) is 16.7. The highest BCUT2D eigenvalue weighted by atomic mass is 79.9. The van der Waals surface area contributed by atoms with E-state index in [1.807, 2.05) is 0 Å². The second-order valence-electron chi connectivity index (χ2n) is 3.45. The third-order valence-corrected chi connectivity index (χ3v) is 2.42. The van der Waals surface area contributed by atoms with E-state index in [1.165, 1.54) is 0 Å². The molecular weight excluding hydrogens is 355 g/mol. The molecule has 0 aliphatic carbocycles. The minimum Gasteiger partial charge on any atom is -0.435 e.